The zero-order valence-corrected chi connectivity index (χ0v) is 24.4. The van der Waals surface area contributed by atoms with Gasteiger partial charge in [-0.25, -0.2) is 9.89 Å². The second-order valence-corrected chi connectivity index (χ2v) is 11.5. The number of hydrogen-bond acceptors (Lipinski definition) is 10. The van der Waals surface area contributed by atoms with Gasteiger partial charge in [-0.05, 0) is 48.4 Å². The van der Waals surface area contributed by atoms with Crippen LogP contribution in [0.2, 0.25) is 0 Å². The molecule has 4 heterocycles. The van der Waals surface area contributed by atoms with Crippen LogP contribution < -0.4 is 29.6 Å². The van der Waals surface area contributed by atoms with Crippen LogP contribution in [0.3, 0.4) is 0 Å². The minimum atomic E-state index is -0.929. The van der Waals surface area contributed by atoms with E-state index in [1.165, 1.54) is 16.7 Å². The number of amidine groups is 2. The number of nitrogens with zero attached hydrogens (tertiary/aromatic N) is 3. The maximum Gasteiger partial charge on any atom is 0.259 e. The Morgan fingerprint density at radius 2 is 1.70 bits per heavy atom. The largest absolute Gasteiger partial charge is 0.454 e. The number of para-hydroxylation sites is 1. The Labute approximate surface area is 256 Å². The van der Waals surface area contributed by atoms with Crippen molar-refractivity contribution >= 4 is 51.9 Å². The lowest BCUT2D eigenvalue weighted by Gasteiger charge is -2.27. The second-order valence-electron chi connectivity index (χ2n) is 10.3. The SMILES string of the molecule is CC[C@H](SC1=Nc2ccccc2C2=N[C@H](CC(=O)NCc3ccc4c(c3)OCO4)C(=O)N12)C(=O)Nc1ccc2c(c1)OCO2. The first kappa shape index (κ1) is 27.8. The molecule has 0 aromatic heterocycles. The second kappa shape index (κ2) is 11.6. The number of benzene rings is 3. The summed E-state index contributed by atoms with van der Waals surface area (Å²) in [5.41, 5.74) is 2.73. The molecule has 224 valence electrons. The molecule has 44 heavy (non-hydrogen) atoms. The van der Waals surface area contributed by atoms with Gasteiger partial charge in [0.15, 0.2) is 28.2 Å². The molecule has 12 nitrogen and oxygen atoms in total. The molecule has 0 unspecified atom stereocenters. The molecule has 7 rings (SSSR count). The number of anilines is 1. The fraction of sp³-hybridized carbons (Fsp3) is 0.258. The van der Waals surface area contributed by atoms with Gasteiger partial charge in [0.1, 0.15) is 11.9 Å². The van der Waals surface area contributed by atoms with Crippen LogP contribution in [0.25, 0.3) is 0 Å². The smallest absolute Gasteiger partial charge is 0.259 e. The van der Waals surface area contributed by atoms with Crippen molar-refractivity contribution in [2.24, 2.45) is 9.98 Å². The standard InChI is InChI=1S/C31H27N5O7S/c1-2-26(29(38)33-18-8-10-23-25(12-18)43-16-41-23)44-31-35-20-6-4-3-5-19(20)28-34-21(30(39)36(28)31)13-27(37)32-14-17-7-9-22-24(11-17)42-15-40-22/h3-12,21,26H,2,13-16H2,1H3,(H,32,37)(H,33,38)/t21-,26+/m1/s1. The molecule has 3 aromatic rings. The van der Waals surface area contributed by atoms with Gasteiger partial charge in [0.2, 0.25) is 25.4 Å². The number of nitrogens with one attached hydrogen (secondary N) is 2. The average Bonchev–Trinajstić information content (AvgIpc) is 3.77. The van der Waals surface area contributed by atoms with Crippen molar-refractivity contribution in [3.8, 4) is 23.0 Å². The third kappa shape index (κ3) is 5.30. The number of amides is 3. The minimum absolute atomic E-state index is 0.134. The van der Waals surface area contributed by atoms with Crippen LogP contribution in [0.15, 0.2) is 70.6 Å². The Bertz CT molecular complexity index is 1740. The van der Waals surface area contributed by atoms with Crippen molar-refractivity contribution in [1.29, 1.82) is 0 Å². The predicted molar refractivity (Wildman–Crippen MR) is 163 cm³/mol. The Hall–Kier alpha value is -5.04. The predicted octanol–water partition coefficient (Wildman–Crippen LogP) is 3.96. The van der Waals surface area contributed by atoms with Crippen LogP contribution in [0.4, 0.5) is 11.4 Å². The number of fused-ring (bicyclic) bond motifs is 5. The van der Waals surface area contributed by atoms with Gasteiger partial charge in [0, 0.05) is 23.9 Å². The summed E-state index contributed by atoms with van der Waals surface area (Å²) < 4.78 is 21.5. The highest BCUT2D eigenvalue weighted by Gasteiger charge is 2.43. The molecule has 3 amide bonds. The first-order chi connectivity index (χ1) is 21.5. The van der Waals surface area contributed by atoms with E-state index in [9.17, 15) is 14.4 Å². The molecule has 0 radical (unpaired) electrons. The summed E-state index contributed by atoms with van der Waals surface area (Å²) in [5, 5.41) is 5.56. The van der Waals surface area contributed by atoms with E-state index >= 15 is 0 Å². The normalized spacial score (nSPS) is 17.8. The lowest BCUT2D eigenvalue weighted by molar-refractivity contribution is -0.128. The summed E-state index contributed by atoms with van der Waals surface area (Å²) in [5.74, 6) is 1.95. The molecule has 4 aliphatic rings. The van der Waals surface area contributed by atoms with Crippen LogP contribution in [0.1, 0.15) is 30.9 Å². The van der Waals surface area contributed by atoms with Crippen LogP contribution in [-0.4, -0.2) is 58.5 Å². The number of carbonyl (C=O) groups is 3. The molecule has 13 heteroatoms. The van der Waals surface area contributed by atoms with Gasteiger partial charge >= 0.3 is 0 Å². The van der Waals surface area contributed by atoms with Crippen molar-refractivity contribution in [3.05, 3.63) is 71.8 Å². The van der Waals surface area contributed by atoms with Gasteiger partial charge in [0.25, 0.3) is 5.91 Å². The molecule has 0 fully saturated rings. The highest BCUT2D eigenvalue weighted by Crippen LogP contribution is 2.37. The molecule has 0 saturated carbocycles. The van der Waals surface area contributed by atoms with E-state index in [-0.39, 0.29) is 44.3 Å². The third-order valence-corrected chi connectivity index (χ3v) is 8.72. The Kier molecular flexibility index (Phi) is 7.30. The zero-order valence-electron chi connectivity index (χ0n) is 23.6. The van der Waals surface area contributed by atoms with Crippen molar-refractivity contribution < 1.29 is 33.3 Å². The van der Waals surface area contributed by atoms with Crippen molar-refractivity contribution in [2.75, 3.05) is 18.9 Å². The quantitative estimate of drug-likeness (QED) is 0.389. The first-order valence-electron chi connectivity index (χ1n) is 14.1. The highest BCUT2D eigenvalue weighted by atomic mass is 32.2. The summed E-state index contributed by atoms with van der Waals surface area (Å²) in [4.78, 5) is 50.8. The van der Waals surface area contributed by atoms with E-state index < -0.39 is 11.3 Å². The number of hydrogen-bond donors (Lipinski definition) is 2. The van der Waals surface area contributed by atoms with E-state index in [1.54, 1.807) is 24.3 Å². The summed E-state index contributed by atoms with van der Waals surface area (Å²) in [7, 11) is 0. The third-order valence-electron chi connectivity index (χ3n) is 7.40. The summed E-state index contributed by atoms with van der Waals surface area (Å²) in [6, 6.07) is 17.1. The van der Waals surface area contributed by atoms with E-state index in [0.29, 0.717) is 57.4 Å². The van der Waals surface area contributed by atoms with Crippen molar-refractivity contribution in [2.45, 2.75) is 37.6 Å². The van der Waals surface area contributed by atoms with E-state index in [4.69, 9.17) is 23.9 Å². The molecule has 0 spiro atoms. The van der Waals surface area contributed by atoms with E-state index in [2.05, 4.69) is 15.6 Å². The zero-order chi connectivity index (χ0) is 30.2. The highest BCUT2D eigenvalue weighted by molar-refractivity contribution is 8.15. The summed E-state index contributed by atoms with van der Waals surface area (Å²) in [6.45, 7) is 2.46. The van der Waals surface area contributed by atoms with Gasteiger partial charge in [0.05, 0.1) is 17.4 Å². The van der Waals surface area contributed by atoms with Crippen molar-refractivity contribution in [3.63, 3.8) is 0 Å². The number of ether oxygens (including phenoxy) is 4. The summed E-state index contributed by atoms with van der Waals surface area (Å²) >= 11 is 1.18. The Morgan fingerprint density at radius 3 is 2.50 bits per heavy atom. The summed E-state index contributed by atoms with van der Waals surface area (Å²) in [6.07, 6.45) is 0.340. The van der Waals surface area contributed by atoms with Gasteiger partial charge < -0.3 is 29.6 Å². The minimum Gasteiger partial charge on any atom is -0.454 e. The van der Waals surface area contributed by atoms with Gasteiger partial charge in [-0.15, -0.1) is 0 Å². The van der Waals surface area contributed by atoms with Crippen LogP contribution in [-0.2, 0) is 20.9 Å². The van der Waals surface area contributed by atoms with Crippen LogP contribution in [0, 0.1) is 0 Å². The maximum atomic E-state index is 13.7. The first-order valence-corrected chi connectivity index (χ1v) is 15.0. The molecule has 2 N–H and O–H groups in total. The lowest BCUT2D eigenvalue weighted by atomic mass is 10.1. The number of rotatable bonds is 8. The van der Waals surface area contributed by atoms with Crippen LogP contribution >= 0.6 is 11.8 Å². The van der Waals surface area contributed by atoms with Crippen LogP contribution in [0.5, 0.6) is 23.0 Å². The fourth-order valence-electron chi connectivity index (χ4n) is 5.16. The maximum absolute atomic E-state index is 13.7. The van der Waals surface area contributed by atoms with E-state index in [0.717, 1.165) is 5.56 Å². The number of aliphatic imine (C=N–C) groups is 2. The number of thioether (sulfide) groups is 1. The molecule has 0 aliphatic carbocycles. The molecule has 0 bridgehead atoms. The Morgan fingerprint density at radius 1 is 0.977 bits per heavy atom. The van der Waals surface area contributed by atoms with Gasteiger partial charge in [-0.1, -0.05) is 36.9 Å². The molecule has 3 aromatic carbocycles. The molecular formula is C31H27N5O7S. The molecular weight excluding hydrogens is 586 g/mol. The molecule has 2 atom stereocenters. The van der Waals surface area contributed by atoms with Crippen molar-refractivity contribution in [1.82, 2.24) is 10.2 Å². The Balaban J connectivity index is 1.05. The molecule has 0 saturated heterocycles. The fourth-order valence-corrected chi connectivity index (χ4v) is 6.18. The monoisotopic (exact) mass is 613 g/mol. The average molecular weight is 614 g/mol. The topological polar surface area (TPSA) is 140 Å². The lowest BCUT2D eigenvalue weighted by Crippen LogP contribution is -2.43. The van der Waals surface area contributed by atoms with Gasteiger partial charge in [-0.3, -0.25) is 19.4 Å². The van der Waals surface area contributed by atoms with Gasteiger partial charge in [-0.2, -0.15) is 0 Å². The number of carbonyl (C=O) groups excluding carboxylic acids is 3. The molecule has 4 aliphatic heterocycles. The van der Waals surface area contributed by atoms with E-state index in [1.807, 2.05) is 43.3 Å².